The molecule has 0 radical (unpaired) electrons. The predicted octanol–water partition coefficient (Wildman–Crippen LogP) is 4.32. The van der Waals surface area contributed by atoms with Gasteiger partial charge in [-0.15, -0.1) is 0 Å². The highest BCUT2D eigenvalue weighted by Crippen LogP contribution is 2.16. The van der Waals surface area contributed by atoms with Crippen LogP contribution in [-0.2, 0) is 0 Å². The van der Waals surface area contributed by atoms with Crippen molar-refractivity contribution in [3.63, 3.8) is 0 Å². The standard InChI is InChI=1S/C16H26ClNO/c1-3-4-5-6-7-13(2)18-12-16(19)14-8-10-15(17)11-9-14/h8-11,13,16,18-19H,3-7,12H2,1-2H3. The average Bonchev–Trinajstić information content (AvgIpc) is 2.42. The number of benzene rings is 1. The third kappa shape index (κ3) is 6.95. The van der Waals surface area contributed by atoms with Crippen LogP contribution in [0.3, 0.4) is 0 Å². The van der Waals surface area contributed by atoms with Gasteiger partial charge in [0.1, 0.15) is 0 Å². The van der Waals surface area contributed by atoms with Gasteiger partial charge in [0.05, 0.1) is 6.10 Å². The Kier molecular flexibility index (Phi) is 8.11. The van der Waals surface area contributed by atoms with Gasteiger partial charge < -0.3 is 10.4 Å². The van der Waals surface area contributed by atoms with Crippen LogP contribution in [0.4, 0.5) is 0 Å². The third-order valence-electron chi connectivity index (χ3n) is 3.41. The Morgan fingerprint density at radius 2 is 1.84 bits per heavy atom. The molecule has 0 aromatic heterocycles. The Morgan fingerprint density at radius 1 is 1.16 bits per heavy atom. The summed E-state index contributed by atoms with van der Waals surface area (Å²) >= 11 is 5.83. The largest absolute Gasteiger partial charge is 0.387 e. The number of rotatable bonds is 9. The number of unbranched alkanes of at least 4 members (excludes halogenated alkanes) is 3. The lowest BCUT2D eigenvalue weighted by Crippen LogP contribution is -2.30. The van der Waals surface area contributed by atoms with Crippen LogP contribution in [0.2, 0.25) is 5.02 Å². The van der Waals surface area contributed by atoms with Crippen LogP contribution in [0.15, 0.2) is 24.3 Å². The minimum absolute atomic E-state index is 0.457. The zero-order valence-electron chi connectivity index (χ0n) is 12.0. The molecular formula is C16H26ClNO. The molecule has 2 unspecified atom stereocenters. The molecule has 2 atom stereocenters. The monoisotopic (exact) mass is 283 g/mol. The Labute approximate surface area is 122 Å². The van der Waals surface area contributed by atoms with Gasteiger partial charge in [0.25, 0.3) is 0 Å². The number of hydrogen-bond acceptors (Lipinski definition) is 2. The number of aliphatic hydroxyl groups is 1. The summed E-state index contributed by atoms with van der Waals surface area (Å²) in [6.07, 6.45) is 5.88. The maximum absolute atomic E-state index is 10.1. The second kappa shape index (κ2) is 9.35. The highest BCUT2D eigenvalue weighted by molar-refractivity contribution is 6.30. The zero-order valence-corrected chi connectivity index (χ0v) is 12.8. The summed E-state index contributed by atoms with van der Waals surface area (Å²) in [7, 11) is 0. The minimum Gasteiger partial charge on any atom is -0.387 e. The van der Waals surface area contributed by atoms with Crippen molar-refractivity contribution >= 4 is 11.6 Å². The summed E-state index contributed by atoms with van der Waals surface area (Å²) < 4.78 is 0. The van der Waals surface area contributed by atoms with Gasteiger partial charge in [0.2, 0.25) is 0 Å². The molecule has 1 aromatic rings. The summed E-state index contributed by atoms with van der Waals surface area (Å²) in [5.74, 6) is 0. The second-order valence-electron chi connectivity index (χ2n) is 5.23. The van der Waals surface area contributed by atoms with Crippen LogP contribution in [0.5, 0.6) is 0 Å². The van der Waals surface area contributed by atoms with E-state index in [1.54, 1.807) is 0 Å². The Balaban J connectivity index is 2.22. The first kappa shape index (κ1) is 16.5. The molecule has 0 amide bonds. The van der Waals surface area contributed by atoms with E-state index in [9.17, 15) is 5.11 Å². The normalized spacial score (nSPS) is 14.3. The van der Waals surface area contributed by atoms with Crippen molar-refractivity contribution in [1.82, 2.24) is 5.32 Å². The van der Waals surface area contributed by atoms with Crippen molar-refractivity contribution in [1.29, 1.82) is 0 Å². The average molecular weight is 284 g/mol. The molecule has 0 spiro atoms. The second-order valence-corrected chi connectivity index (χ2v) is 5.66. The van der Waals surface area contributed by atoms with E-state index in [1.165, 1.54) is 32.1 Å². The van der Waals surface area contributed by atoms with E-state index in [2.05, 4.69) is 19.2 Å². The molecule has 0 aliphatic carbocycles. The highest BCUT2D eigenvalue weighted by atomic mass is 35.5. The van der Waals surface area contributed by atoms with Crippen LogP contribution in [0.25, 0.3) is 0 Å². The molecular weight excluding hydrogens is 258 g/mol. The number of aliphatic hydroxyl groups excluding tert-OH is 1. The molecule has 0 heterocycles. The summed E-state index contributed by atoms with van der Waals surface area (Å²) in [6.45, 7) is 5.00. The van der Waals surface area contributed by atoms with Crippen molar-refractivity contribution in [3.05, 3.63) is 34.9 Å². The van der Waals surface area contributed by atoms with E-state index in [0.29, 0.717) is 17.6 Å². The molecule has 1 rings (SSSR count). The van der Waals surface area contributed by atoms with Crippen LogP contribution >= 0.6 is 11.6 Å². The first-order chi connectivity index (χ1) is 9.13. The van der Waals surface area contributed by atoms with Gasteiger partial charge in [0.15, 0.2) is 0 Å². The molecule has 108 valence electrons. The molecule has 2 N–H and O–H groups in total. The highest BCUT2D eigenvalue weighted by Gasteiger charge is 2.09. The van der Waals surface area contributed by atoms with Crippen LogP contribution < -0.4 is 5.32 Å². The van der Waals surface area contributed by atoms with E-state index < -0.39 is 6.10 Å². The van der Waals surface area contributed by atoms with E-state index >= 15 is 0 Å². The number of nitrogens with one attached hydrogen (secondary N) is 1. The SMILES string of the molecule is CCCCCCC(C)NCC(O)c1ccc(Cl)cc1. The molecule has 2 nitrogen and oxygen atoms in total. The van der Waals surface area contributed by atoms with E-state index in [0.717, 1.165) is 5.56 Å². The van der Waals surface area contributed by atoms with E-state index in [4.69, 9.17) is 11.6 Å². The number of halogens is 1. The van der Waals surface area contributed by atoms with E-state index in [1.807, 2.05) is 24.3 Å². The summed E-state index contributed by atoms with van der Waals surface area (Å²) in [6, 6.07) is 7.84. The fourth-order valence-electron chi connectivity index (χ4n) is 2.09. The lowest BCUT2D eigenvalue weighted by atomic mass is 10.1. The fraction of sp³-hybridized carbons (Fsp3) is 0.625. The Morgan fingerprint density at radius 3 is 2.47 bits per heavy atom. The van der Waals surface area contributed by atoms with Gasteiger partial charge >= 0.3 is 0 Å². The molecule has 0 bridgehead atoms. The molecule has 0 saturated heterocycles. The van der Waals surface area contributed by atoms with Crippen molar-refractivity contribution in [3.8, 4) is 0 Å². The molecule has 19 heavy (non-hydrogen) atoms. The smallest absolute Gasteiger partial charge is 0.0914 e. The van der Waals surface area contributed by atoms with Crippen molar-refractivity contribution in [2.45, 2.75) is 58.1 Å². The predicted molar refractivity (Wildman–Crippen MR) is 82.6 cm³/mol. The summed E-state index contributed by atoms with van der Waals surface area (Å²) in [4.78, 5) is 0. The van der Waals surface area contributed by atoms with Gasteiger partial charge in [-0.2, -0.15) is 0 Å². The first-order valence-corrected chi connectivity index (χ1v) is 7.68. The minimum atomic E-state index is -0.463. The quantitative estimate of drug-likeness (QED) is 0.662. The molecule has 3 heteroatoms. The third-order valence-corrected chi connectivity index (χ3v) is 3.66. The maximum atomic E-state index is 10.1. The van der Waals surface area contributed by atoms with Crippen LogP contribution in [0.1, 0.15) is 57.6 Å². The summed E-state index contributed by atoms with van der Waals surface area (Å²) in [5, 5.41) is 14.2. The summed E-state index contributed by atoms with van der Waals surface area (Å²) in [5.41, 5.74) is 0.912. The Hall–Kier alpha value is -0.570. The van der Waals surface area contributed by atoms with Crippen LogP contribution in [0, 0.1) is 0 Å². The Bertz CT molecular complexity index is 339. The molecule has 0 fully saturated rings. The molecule has 0 aliphatic heterocycles. The lowest BCUT2D eigenvalue weighted by Gasteiger charge is -2.17. The topological polar surface area (TPSA) is 32.3 Å². The van der Waals surface area contributed by atoms with Gasteiger partial charge in [-0.25, -0.2) is 0 Å². The van der Waals surface area contributed by atoms with Gasteiger partial charge in [0, 0.05) is 17.6 Å². The number of hydrogen-bond donors (Lipinski definition) is 2. The van der Waals surface area contributed by atoms with E-state index in [-0.39, 0.29) is 0 Å². The van der Waals surface area contributed by atoms with Gasteiger partial charge in [-0.1, -0.05) is 56.3 Å². The molecule has 0 aliphatic rings. The maximum Gasteiger partial charge on any atom is 0.0914 e. The van der Waals surface area contributed by atoms with Crippen molar-refractivity contribution in [2.75, 3.05) is 6.54 Å². The first-order valence-electron chi connectivity index (χ1n) is 7.30. The fourth-order valence-corrected chi connectivity index (χ4v) is 2.22. The molecule has 0 saturated carbocycles. The molecule has 1 aromatic carbocycles. The van der Waals surface area contributed by atoms with Gasteiger partial charge in [-0.3, -0.25) is 0 Å². The van der Waals surface area contributed by atoms with Gasteiger partial charge in [-0.05, 0) is 31.0 Å². The van der Waals surface area contributed by atoms with Crippen molar-refractivity contribution < 1.29 is 5.11 Å². The van der Waals surface area contributed by atoms with Crippen molar-refractivity contribution in [2.24, 2.45) is 0 Å². The lowest BCUT2D eigenvalue weighted by molar-refractivity contribution is 0.170. The van der Waals surface area contributed by atoms with Crippen LogP contribution in [-0.4, -0.2) is 17.7 Å². The zero-order chi connectivity index (χ0) is 14.1.